The largest absolute Gasteiger partial charge is 0.408 e. The Morgan fingerprint density at radius 3 is 2.73 bits per heavy atom. The molecule has 0 aliphatic carbocycles. The van der Waals surface area contributed by atoms with Crippen LogP contribution in [0.3, 0.4) is 0 Å². The van der Waals surface area contributed by atoms with Gasteiger partial charge in [-0.05, 0) is 30.5 Å². The molecule has 0 aromatic heterocycles. The average molecular weight is 280 g/mol. The van der Waals surface area contributed by atoms with E-state index < -0.39 is 12.2 Å². The molecule has 1 aliphatic rings. The zero-order valence-corrected chi connectivity index (χ0v) is 9.32. The second-order valence-electron chi connectivity index (χ2n) is 3.58. The first kappa shape index (κ1) is 10.8. The number of aryl methyl sites for hydroxylation is 1. The van der Waals surface area contributed by atoms with Crippen LogP contribution in [0.4, 0.5) is 18.9 Å². The van der Waals surface area contributed by atoms with Crippen molar-refractivity contribution >= 4 is 21.6 Å². The van der Waals surface area contributed by atoms with Gasteiger partial charge in [0.25, 0.3) is 0 Å². The maximum Gasteiger partial charge on any atom is 0.408 e. The van der Waals surface area contributed by atoms with E-state index in [-0.39, 0.29) is 6.42 Å². The van der Waals surface area contributed by atoms with Crippen molar-refractivity contribution in [3.8, 4) is 0 Å². The van der Waals surface area contributed by atoms with Gasteiger partial charge >= 0.3 is 6.18 Å². The molecule has 0 spiro atoms. The molecule has 82 valence electrons. The molecule has 0 saturated heterocycles. The Bertz CT molecular complexity index is 375. The van der Waals surface area contributed by atoms with Gasteiger partial charge < -0.3 is 5.32 Å². The summed E-state index contributed by atoms with van der Waals surface area (Å²) in [6.07, 6.45) is -3.59. The third-order valence-electron chi connectivity index (χ3n) is 2.50. The number of rotatable bonds is 0. The Hall–Kier alpha value is -0.710. The van der Waals surface area contributed by atoms with Crippen LogP contribution >= 0.6 is 15.9 Å². The molecule has 1 aromatic carbocycles. The van der Waals surface area contributed by atoms with Crippen molar-refractivity contribution in [1.82, 2.24) is 0 Å². The maximum atomic E-state index is 12.5. The molecule has 0 fully saturated rings. The Morgan fingerprint density at radius 2 is 2.07 bits per heavy atom. The Morgan fingerprint density at radius 1 is 1.33 bits per heavy atom. The maximum absolute atomic E-state index is 12.5. The molecule has 1 heterocycles. The molecular formula is C10H9BrF3N. The van der Waals surface area contributed by atoms with E-state index in [1.807, 2.05) is 12.1 Å². The van der Waals surface area contributed by atoms with Crippen LogP contribution in [0.25, 0.3) is 0 Å². The van der Waals surface area contributed by atoms with Crippen LogP contribution in [-0.2, 0) is 6.42 Å². The Kier molecular flexibility index (Phi) is 2.66. The minimum absolute atomic E-state index is 0.109. The summed E-state index contributed by atoms with van der Waals surface area (Å²) in [6, 6.07) is 3.96. The van der Waals surface area contributed by atoms with E-state index in [0.29, 0.717) is 12.1 Å². The highest BCUT2D eigenvalue weighted by atomic mass is 79.9. The molecule has 2 rings (SSSR count). The first-order valence-corrected chi connectivity index (χ1v) is 5.38. The summed E-state index contributed by atoms with van der Waals surface area (Å²) in [6.45, 7) is 0. The lowest BCUT2D eigenvalue weighted by molar-refractivity contribution is -0.144. The van der Waals surface area contributed by atoms with Crippen molar-refractivity contribution in [3.63, 3.8) is 0 Å². The van der Waals surface area contributed by atoms with Crippen LogP contribution in [0.15, 0.2) is 22.7 Å². The fraction of sp³-hybridized carbons (Fsp3) is 0.400. The summed E-state index contributed by atoms with van der Waals surface area (Å²) in [5.41, 5.74) is 1.52. The molecule has 0 saturated carbocycles. The van der Waals surface area contributed by atoms with Gasteiger partial charge in [-0.15, -0.1) is 0 Å². The van der Waals surface area contributed by atoms with Crippen LogP contribution < -0.4 is 5.32 Å². The molecule has 5 heteroatoms. The van der Waals surface area contributed by atoms with E-state index in [0.717, 1.165) is 10.0 Å². The van der Waals surface area contributed by atoms with E-state index in [9.17, 15) is 13.2 Å². The summed E-state index contributed by atoms with van der Waals surface area (Å²) in [4.78, 5) is 0. The quantitative estimate of drug-likeness (QED) is 0.763. The van der Waals surface area contributed by atoms with E-state index >= 15 is 0 Å². The zero-order chi connectivity index (χ0) is 11.1. The number of alkyl halides is 3. The van der Waals surface area contributed by atoms with E-state index in [1.165, 1.54) is 0 Å². The van der Waals surface area contributed by atoms with Crippen molar-refractivity contribution in [3.05, 3.63) is 28.2 Å². The van der Waals surface area contributed by atoms with E-state index in [2.05, 4.69) is 21.2 Å². The van der Waals surface area contributed by atoms with Crippen molar-refractivity contribution in [2.75, 3.05) is 5.32 Å². The molecule has 1 nitrogen and oxygen atoms in total. The third-order valence-corrected chi connectivity index (χ3v) is 2.99. The summed E-state index contributed by atoms with van der Waals surface area (Å²) in [5.74, 6) is 0. The molecular weight excluding hydrogens is 271 g/mol. The van der Waals surface area contributed by atoms with Gasteiger partial charge in [-0.2, -0.15) is 13.2 Å². The van der Waals surface area contributed by atoms with Gasteiger partial charge in [-0.3, -0.25) is 0 Å². The number of fused-ring (bicyclic) bond motifs is 1. The predicted molar refractivity (Wildman–Crippen MR) is 55.9 cm³/mol. The highest BCUT2D eigenvalue weighted by molar-refractivity contribution is 9.10. The van der Waals surface area contributed by atoms with E-state index in [1.54, 1.807) is 6.07 Å². The van der Waals surface area contributed by atoms with Crippen molar-refractivity contribution < 1.29 is 13.2 Å². The number of hydrogen-bond acceptors (Lipinski definition) is 1. The van der Waals surface area contributed by atoms with Crippen LogP contribution in [-0.4, -0.2) is 12.2 Å². The highest BCUT2D eigenvalue weighted by Gasteiger charge is 2.41. The molecule has 1 unspecified atom stereocenters. The SMILES string of the molecule is FC(F)(F)C1CCc2ccc(Br)cc2N1. The van der Waals surface area contributed by atoms with Crippen LogP contribution in [0.5, 0.6) is 0 Å². The van der Waals surface area contributed by atoms with Crippen molar-refractivity contribution in [2.45, 2.75) is 25.1 Å². The first-order valence-electron chi connectivity index (χ1n) is 4.58. The molecule has 1 aromatic rings. The second-order valence-corrected chi connectivity index (χ2v) is 4.49. The van der Waals surface area contributed by atoms with Crippen LogP contribution in [0.1, 0.15) is 12.0 Å². The lowest BCUT2D eigenvalue weighted by atomic mass is 9.98. The molecule has 1 atom stereocenters. The standard InChI is InChI=1S/C10H9BrF3N/c11-7-3-1-6-2-4-9(10(12,13)14)15-8(6)5-7/h1,3,5,9,15H,2,4H2. The summed E-state index contributed by atoms with van der Waals surface area (Å²) in [5, 5.41) is 2.52. The normalized spacial score (nSPS) is 20.7. The predicted octanol–water partition coefficient (Wildman–Crippen LogP) is 3.74. The summed E-state index contributed by atoms with van der Waals surface area (Å²) < 4.78 is 38.2. The van der Waals surface area contributed by atoms with Gasteiger partial charge in [0, 0.05) is 10.2 Å². The number of benzene rings is 1. The smallest absolute Gasteiger partial charge is 0.374 e. The third kappa shape index (κ3) is 2.27. The van der Waals surface area contributed by atoms with Gasteiger partial charge in [0.15, 0.2) is 0 Å². The summed E-state index contributed by atoms with van der Waals surface area (Å²) >= 11 is 3.24. The van der Waals surface area contributed by atoms with Gasteiger partial charge in [0.05, 0.1) is 0 Å². The van der Waals surface area contributed by atoms with Crippen molar-refractivity contribution in [1.29, 1.82) is 0 Å². The van der Waals surface area contributed by atoms with Crippen molar-refractivity contribution in [2.24, 2.45) is 0 Å². The van der Waals surface area contributed by atoms with Gasteiger partial charge in [-0.25, -0.2) is 0 Å². The lowest BCUT2D eigenvalue weighted by Gasteiger charge is -2.28. The highest BCUT2D eigenvalue weighted by Crippen LogP contribution is 2.34. The van der Waals surface area contributed by atoms with Gasteiger partial charge in [0.1, 0.15) is 6.04 Å². The number of anilines is 1. The lowest BCUT2D eigenvalue weighted by Crippen LogP contribution is -2.39. The molecule has 1 aliphatic heterocycles. The van der Waals surface area contributed by atoms with Crippen LogP contribution in [0.2, 0.25) is 0 Å². The topological polar surface area (TPSA) is 12.0 Å². The molecule has 0 amide bonds. The zero-order valence-electron chi connectivity index (χ0n) is 7.74. The Balaban J connectivity index is 2.26. The average Bonchev–Trinajstić information content (AvgIpc) is 2.15. The fourth-order valence-corrected chi connectivity index (χ4v) is 2.07. The number of halogens is 4. The number of nitrogens with one attached hydrogen (secondary N) is 1. The van der Waals surface area contributed by atoms with Gasteiger partial charge in [0.2, 0.25) is 0 Å². The first-order chi connectivity index (χ1) is 6.97. The molecule has 15 heavy (non-hydrogen) atoms. The van der Waals surface area contributed by atoms with E-state index in [4.69, 9.17) is 0 Å². The minimum atomic E-state index is -4.17. The van der Waals surface area contributed by atoms with Crippen LogP contribution in [0, 0.1) is 0 Å². The number of hydrogen-bond donors (Lipinski definition) is 1. The minimum Gasteiger partial charge on any atom is -0.374 e. The fourth-order valence-electron chi connectivity index (χ4n) is 1.71. The Labute approximate surface area is 93.8 Å². The monoisotopic (exact) mass is 279 g/mol. The second kappa shape index (κ2) is 3.70. The van der Waals surface area contributed by atoms with Gasteiger partial charge in [-0.1, -0.05) is 22.0 Å². The molecule has 1 N–H and O–H groups in total. The molecule has 0 bridgehead atoms. The summed E-state index contributed by atoms with van der Waals surface area (Å²) in [7, 11) is 0. The molecule has 0 radical (unpaired) electrons.